The molecule has 1 heteroatoms. The largest absolute Gasteiger partial charge is 0.295 e. The molecule has 0 fully saturated rings. The zero-order valence-electron chi connectivity index (χ0n) is 11.7. The number of benzene rings is 1. The van der Waals surface area contributed by atoms with Crippen LogP contribution in [0.25, 0.3) is 0 Å². The van der Waals surface area contributed by atoms with E-state index in [-0.39, 0.29) is 0 Å². The number of ketones is 1. The van der Waals surface area contributed by atoms with Crippen molar-refractivity contribution in [1.29, 1.82) is 0 Å². The van der Waals surface area contributed by atoms with Crippen molar-refractivity contribution in [2.75, 3.05) is 0 Å². The quantitative estimate of drug-likeness (QED) is 0.735. The van der Waals surface area contributed by atoms with Crippen LogP contribution in [0.5, 0.6) is 0 Å². The molecule has 1 nitrogen and oxygen atoms in total. The average Bonchev–Trinajstić information content (AvgIpc) is 2.39. The number of allylic oxidation sites excluding steroid dienone is 2. The van der Waals surface area contributed by atoms with Crippen molar-refractivity contribution in [3.8, 4) is 0 Å². The van der Waals surface area contributed by atoms with Crippen LogP contribution in [0.15, 0.2) is 42.0 Å². The van der Waals surface area contributed by atoms with E-state index in [4.69, 9.17) is 0 Å². The molecule has 1 aliphatic rings. The molecule has 0 unspecified atom stereocenters. The number of hydrogen-bond acceptors (Lipinski definition) is 1. The minimum Gasteiger partial charge on any atom is -0.295 e. The van der Waals surface area contributed by atoms with Gasteiger partial charge in [0, 0.05) is 6.42 Å². The minimum absolute atomic E-state index is 0.387. The van der Waals surface area contributed by atoms with E-state index in [0.717, 1.165) is 31.3 Å². The first-order valence-corrected chi connectivity index (χ1v) is 7.62. The zero-order valence-corrected chi connectivity index (χ0v) is 11.7. The number of aryl methyl sites for hydroxylation is 1. The monoisotopic (exact) mass is 256 g/mol. The van der Waals surface area contributed by atoms with Crippen molar-refractivity contribution in [1.82, 2.24) is 0 Å². The van der Waals surface area contributed by atoms with Gasteiger partial charge in [0.2, 0.25) is 0 Å². The van der Waals surface area contributed by atoms with Crippen LogP contribution in [0.1, 0.15) is 56.9 Å². The summed E-state index contributed by atoms with van der Waals surface area (Å²) >= 11 is 0. The third-order valence-corrected chi connectivity index (χ3v) is 3.86. The number of hydrogen-bond donors (Lipinski definition) is 0. The van der Waals surface area contributed by atoms with Crippen molar-refractivity contribution >= 4 is 5.78 Å². The van der Waals surface area contributed by atoms with Gasteiger partial charge in [0.1, 0.15) is 0 Å². The van der Waals surface area contributed by atoms with Gasteiger partial charge in [-0.15, -0.1) is 0 Å². The Hall–Kier alpha value is -1.37. The third-order valence-electron chi connectivity index (χ3n) is 3.86. The lowest BCUT2D eigenvalue weighted by Crippen LogP contribution is -2.05. The van der Waals surface area contributed by atoms with Gasteiger partial charge in [-0.2, -0.15) is 0 Å². The molecule has 0 aliphatic heterocycles. The molecule has 1 aromatic rings. The lowest BCUT2D eigenvalue weighted by molar-refractivity contribution is -0.115. The Morgan fingerprint density at radius 3 is 2.63 bits per heavy atom. The second kappa shape index (κ2) is 7.93. The normalized spacial score (nSPS) is 19.1. The molecule has 19 heavy (non-hydrogen) atoms. The summed E-state index contributed by atoms with van der Waals surface area (Å²) in [5, 5.41) is 0. The van der Waals surface area contributed by atoms with E-state index in [2.05, 4.69) is 30.3 Å². The molecule has 0 bridgehead atoms. The van der Waals surface area contributed by atoms with Crippen LogP contribution < -0.4 is 0 Å². The molecular formula is C18H24O. The van der Waals surface area contributed by atoms with Gasteiger partial charge in [-0.1, -0.05) is 49.2 Å². The molecule has 1 aliphatic carbocycles. The van der Waals surface area contributed by atoms with Crippen LogP contribution in [0, 0.1) is 0 Å². The first-order valence-electron chi connectivity index (χ1n) is 7.62. The first kappa shape index (κ1) is 14.0. The second-order valence-electron chi connectivity index (χ2n) is 5.44. The van der Waals surface area contributed by atoms with Gasteiger partial charge in [-0.05, 0) is 49.7 Å². The molecule has 1 aromatic carbocycles. The van der Waals surface area contributed by atoms with Gasteiger partial charge in [0.25, 0.3) is 0 Å². The summed E-state index contributed by atoms with van der Waals surface area (Å²) < 4.78 is 0. The Morgan fingerprint density at radius 1 is 1.00 bits per heavy atom. The van der Waals surface area contributed by atoms with Crippen LogP contribution in [-0.2, 0) is 11.2 Å². The van der Waals surface area contributed by atoms with Crippen molar-refractivity contribution in [3.63, 3.8) is 0 Å². The Labute approximate surface area is 116 Å². The average molecular weight is 256 g/mol. The van der Waals surface area contributed by atoms with E-state index in [1.54, 1.807) is 0 Å². The van der Waals surface area contributed by atoms with E-state index >= 15 is 0 Å². The molecule has 0 heterocycles. The van der Waals surface area contributed by atoms with Crippen LogP contribution in [0.2, 0.25) is 0 Å². The summed E-state index contributed by atoms with van der Waals surface area (Å²) in [5.41, 5.74) is 2.44. The van der Waals surface area contributed by atoms with Crippen molar-refractivity contribution in [3.05, 3.63) is 47.5 Å². The number of carbonyl (C=O) groups excluding carboxylic acids is 1. The third kappa shape index (κ3) is 5.02. The molecule has 0 spiro atoms. The van der Waals surface area contributed by atoms with Gasteiger partial charge in [-0.25, -0.2) is 0 Å². The highest BCUT2D eigenvalue weighted by Gasteiger charge is 2.10. The summed E-state index contributed by atoms with van der Waals surface area (Å²) in [6, 6.07) is 10.4. The number of carbonyl (C=O) groups is 1. The van der Waals surface area contributed by atoms with E-state index in [1.807, 2.05) is 6.07 Å². The van der Waals surface area contributed by atoms with Crippen LogP contribution in [0.3, 0.4) is 0 Å². The summed E-state index contributed by atoms with van der Waals surface area (Å²) in [6.45, 7) is 0. The smallest absolute Gasteiger partial charge is 0.158 e. The number of Topliss-reactive ketones (excluding diaryl/α,β-unsaturated/α-hetero) is 1. The molecular weight excluding hydrogens is 232 g/mol. The molecule has 0 atom stereocenters. The van der Waals surface area contributed by atoms with Gasteiger partial charge in [-0.3, -0.25) is 4.79 Å². The molecule has 0 saturated carbocycles. The Morgan fingerprint density at radius 2 is 1.79 bits per heavy atom. The van der Waals surface area contributed by atoms with E-state index in [0.29, 0.717) is 12.2 Å². The zero-order chi connectivity index (χ0) is 13.3. The van der Waals surface area contributed by atoms with E-state index in [9.17, 15) is 4.79 Å². The van der Waals surface area contributed by atoms with E-state index in [1.165, 1.54) is 31.2 Å². The predicted octanol–water partition coefficient (Wildman–Crippen LogP) is 4.86. The Bertz CT molecular complexity index is 417. The lowest BCUT2D eigenvalue weighted by Gasteiger charge is -2.10. The molecule has 102 valence electrons. The van der Waals surface area contributed by atoms with Gasteiger partial charge < -0.3 is 0 Å². The standard InChI is InChI=1S/C18H24O/c19-18(17-13-7-2-1-3-8-14-17)15-9-12-16-10-5-4-6-11-16/h4-6,10-11,13H,1-3,7-9,12,14-15H2/b17-13+. The fraction of sp³-hybridized carbons (Fsp3) is 0.500. The second-order valence-corrected chi connectivity index (χ2v) is 5.44. The Balaban J connectivity index is 1.77. The van der Waals surface area contributed by atoms with Crippen molar-refractivity contribution in [2.45, 2.75) is 57.8 Å². The molecule has 0 N–H and O–H groups in total. The van der Waals surface area contributed by atoms with Crippen LogP contribution >= 0.6 is 0 Å². The highest BCUT2D eigenvalue weighted by molar-refractivity contribution is 5.95. The molecule has 0 aromatic heterocycles. The topological polar surface area (TPSA) is 17.1 Å². The highest BCUT2D eigenvalue weighted by Crippen LogP contribution is 2.19. The van der Waals surface area contributed by atoms with Gasteiger partial charge in [0.15, 0.2) is 5.78 Å². The van der Waals surface area contributed by atoms with Crippen LogP contribution in [0.4, 0.5) is 0 Å². The maximum absolute atomic E-state index is 12.2. The highest BCUT2D eigenvalue weighted by atomic mass is 16.1. The predicted molar refractivity (Wildman–Crippen MR) is 80.2 cm³/mol. The summed E-state index contributed by atoms with van der Waals surface area (Å²) in [4.78, 5) is 12.2. The minimum atomic E-state index is 0.387. The maximum atomic E-state index is 12.2. The molecule has 0 radical (unpaired) electrons. The summed E-state index contributed by atoms with van der Waals surface area (Å²) in [5.74, 6) is 0.387. The van der Waals surface area contributed by atoms with Gasteiger partial charge in [0.05, 0.1) is 0 Å². The van der Waals surface area contributed by atoms with Crippen LogP contribution in [-0.4, -0.2) is 5.78 Å². The summed E-state index contributed by atoms with van der Waals surface area (Å²) in [6.07, 6.45) is 12.0. The van der Waals surface area contributed by atoms with Crippen molar-refractivity contribution in [2.24, 2.45) is 0 Å². The fourth-order valence-corrected chi connectivity index (χ4v) is 2.70. The fourth-order valence-electron chi connectivity index (χ4n) is 2.70. The van der Waals surface area contributed by atoms with Crippen molar-refractivity contribution < 1.29 is 4.79 Å². The SMILES string of the molecule is O=C(CCCc1ccccc1)/C1=C/CCCCCC1. The number of rotatable bonds is 5. The first-order chi connectivity index (χ1) is 9.36. The summed E-state index contributed by atoms with van der Waals surface area (Å²) in [7, 11) is 0. The Kier molecular flexibility index (Phi) is 5.87. The molecule has 0 amide bonds. The van der Waals surface area contributed by atoms with Gasteiger partial charge >= 0.3 is 0 Å². The maximum Gasteiger partial charge on any atom is 0.158 e. The van der Waals surface area contributed by atoms with E-state index < -0.39 is 0 Å². The molecule has 0 saturated heterocycles. The molecule has 2 rings (SSSR count). The lowest BCUT2D eigenvalue weighted by atomic mass is 9.94.